The standard InChI is InChI=1S/C21H25NO2.C8H12/c1-2-16-12-22(13-20(16)15-23)14-21(24)19-10-8-18(9-11-19)17-6-4-3-5-7-17;1-4-7-8(5-2)6-3/h3-11,16,20,23H,2,12-15H2,1H3;4-5,7H,1-2,6H2,3H3/b;8-7+/t16-,20-;/m1./s1. The van der Waals surface area contributed by atoms with E-state index in [0.717, 1.165) is 42.6 Å². The van der Waals surface area contributed by atoms with Gasteiger partial charge in [0, 0.05) is 25.3 Å². The van der Waals surface area contributed by atoms with E-state index in [2.05, 4.69) is 44.0 Å². The van der Waals surface area contributed by atoms with E-state index >= 15 is 0 Å². The number of hydrogen-bond donors (Lipinski definition) is 1. The quantitative estimate of drug-likeness (QED) is 0.381. The Hall–Kier alpha value is -2.75. The molecule has 1 heterocycles. The van der Waals surface area contributed by atoms with Crippen LogP contribution < -0.4 is 0 Å². The molecule has 1 saturated heterocycles. The summed E-state index contributed by atoms with van der Waals surface area (Å²) in [6.07, 6.45) is 7.69. The van der Waals surface area contributed by atoms with E-state index in [1.807, 2.05) is 54.6 Å². The van der Waals surface area contributed by atoms with Crippen molar-refractivity contribution in [2.45, 2.75) is 26.7 Å². The molecule has 0 unspecified atom stereocenters. The average Bonchev–Trinajstić information content (AvgIpc) is 3.25. The fourth-order valence-electron chi connectivity index (χ4n) is 4.09. The highest BCUT2D eigenvalue weighted by Gasteiger charge is 2.31. The first-order valence-corrected chi connectivity index (χ1v) is 11.5. The Kier molecular flexibility index (Phi) is 10.9. The molecule has 1 N–H and O–H groups in total. The van der Waals surface area contributed by atoms with E-state index in [4.69, 9.17) is 0 Å². The second kappa shape index (κ2) is 13.6. The molecule has 32 heavy (non-hydrogen) atoms. The monoisotopic (exact) mass is 431 g/mol. The summed E-state index contributed by atoms with van der Waals surface area (Å²) >= 11 is 0. The number of aliphatic hydroxyl groups is 1. The number of hydrogen-bond acceptors (Lipinski definition) is 3. The Morgan fingerprint density at radius 1 is 1.00 bits per heavy atom. The van der Waals surface area contributed by atoms with Gasteiger partial charge in [-0.25, -0.2) is 0 Å². The molecular formula is C29H37NO2. The molecule has 0 amide bonds. The first-order valence-electron chi connectivity index (χ1n) is 11.5. The molecule has 0 aliphatic carbocycles. The van der Waals surface area contributed by atoms with Gasteiger partial charge in [0.05, 0.1) is 6.54 Å². The van der Waals surface area contributed by atoms with Crippen LogP contribution in [-0.2, 0) is 0 Å². The highest BCUT2D eigenvalue weighted by molar-refractivity contribution is 5.98. The fourth-order valence-corrected chi connectivity index (χ4v) is 4.09. The number of aliphatic hydroxyl groups excluding tert-OH is 1. The summed E-state index contributed by atoms with van der Waals surface area (Å²) in [7, 11) is 0. The third-order valence-electron chi connectivity index (χ3n) is 6.09. The summed E-state index contributed by atoms with van der Waals surface area (Å²) in [4.78, 5) is 14.7. The van der Waals surface area contributed by atoms with Crippen molar-refractivity contribution in [1.29, 1.82) is 0 Å². The number of carbonyl (C=O) groups excluding carboxylic acids is 1. The number of benzene rings is 2. The van der Waals surface area contributed by atoms with Gasteiger partial charge in [0.25, 0.3) is 0 Å². The highest BCUT2D eigenvalue weighted by atomic mass is 16.3. The summed E-state index contributed by atoms with van der Waals surface area (Å²) in [6.45, 7) is 13.8. The van der Waals surface area contributed by atoms with Crippen molar-refractivity contribution in [2.75, 3.05) is 26.2 Å². The molecule has 2 atom stereocenters. The number of carbonyl (C=O) groups is 1. The lowest BCUT2D eigenvalue weighted by Crippen LogP contribution is -2.28. The zero-order valence-corrected chi connectivity index (χ0v) is 19.5. The van der Waals surface area contributed by atoms with Crippen LogP contribution in [0.4, 0.5) is 0 Å². The van der Waals surface area contributed by atoms with Crippen LogP contribution in [0.15, 0.2) is 91.6 Å². The molecule has 3 nitrogen and oxygen atoms in total. The summed E-state index contributed by atoms with van der Waals surface area (Å²) in [5.41, 5.74) is 4.28. The minimum Gasteiger partial charge on any atom is -0.396 e. The lowest BCUT2D eigenvalue weighted by molar-refractivity contribution is 0.0940. The minimum atomic E-state index is 0.156. The van der Waals surface area contributed by atoms with Gasteiger partial charge in [-0.15, -0.1) is 0 Å². The average molecular weight is 432 g/mol. The maximum Gasteiger partial charge on any atom is 0.176 e. The molecule has 3 heteroatoms. The normalized spacial score (nSPS) is 18.5. The van der Waals surface area contributed by atoms with E-state index < -0.39 is 0 Å². The Labute approximate surface area is 193 Å². The molecule has 1 aliphatic rings. The van der Waals surface area contributed by atoms with Crippen molar-refractivity contribution >= 4 is 5.78 Å². The molecular weight excluding hydrogens is 394 g/mol. The topological polar surface area (TPSA) is 40.5 Å². The van der Waals surface area contributed by atoms with Gasteiger partial charge in [-0.05, 0) is 35.0 Å². The molecule has 2 aromatic carbocycles. The van der Waals surface area contributed by atoms with Gasteiger partial charge in [-0.1, -0.05) is 106 Å². The largest absolute Gasteiger partial charge is 0.396 e. The van der Waals surface area contributed by atoms with Crippen LogP contribution in [0.3, 0.4) is 0 Å². The molecule has 0 spiro atoms. The molecule has 1 aliphatic heterocycles. The van der Waals surface area contributed by atoms with Crippen LogP contribution in [0.5, 0.6) is 0 Å². The van der Waals surface area contributed by atoms with Gasteiger partial charge < -0.3 is 5.11 Å². The van der Waals surface area contributed by atoms with Crippen molar-refractivity contribution in [3.05, 3.63) is 97.1 Å². The molecule has 170 valence electrons. The Balaban J connectivity index is 0.000000390. The molecule has 1 fully saturated rings. The lowest BCUT2D eigenvalue weighted by atomic mass is 9.95. The second-order valence-corrected chi connectivity index (χ2v) is 8.21. The number of ketones is 1. The predicted molar refractivity (Wildman–Crippen MR) is 136 cm³/mol. The van der Waals surface area contributed by atoms with Gasteiger partial charge in [-0.2, -0.15) is 0 Å². The lowest BCUT2D eigenvalue weighted by Gasteiger charge is -2.14. The van der Waals surface area contributed by atoms with Crippen molar-refractivity contribution < 1.29 is 9.90 Å². The van der Waals surface area contributed by atoms with Crippen molar-refractivity contribution in [3.63, 3.8) is 0 Å². The first kappa shape index (κ1) is 25.5. The van der Waals surface area contributed by atoms with Crippen LogP contribution in [-0.4, -0.2) is 42.0 Å². The van der Waals surface area contributed by atoms with Gasteiger partial charge >= 0.3 is 0 Å². The third-order valence-corrected chi connectivity index (χ3v) is 6.09. The third kappa shape index (κ3) is 7.44. The van der Waals surface area contributed by atoms with Crippen LogP contribution in [0.25, 0.3) is 11.1 Å². The number of Topliss-reactive ketones (excluding diaryl/α,β-unsaturated/α-hetero) is 1. The molecule has 0 saturated carbocycles. The zero-order valence-electron chi connectivity index (χ0n) is 19.5. The molecule has 3 rings (SSSR count). The Morgan fingerprint density at radius 2 is 1.62 bits per heavy atom. The molecule has 0 aromatic heterocycles. The number of rotatable bonds is 9. The highest BCUT2D eigenvalue weighted by Crippen LogP contribution is 2.26. The second-order valence-electron chi connectivity index (χ2n) is 8.21. The number of likely N-dealkylation sites (tertiary alicyclic amines) is 1. The SMILES string of the molecule is C=C/C=C(\C=C)CC.CC[C@@H]1CN(CC(=O)c2ccc(-c3ccccc3)cc2)C[C@@H]1CO. The number of allylic oxidation sites excluding steroid dienone is 4. The minimum absolute atomic E-state index is 0.156. The van der Waals surface area contributed by atoms with Crippen LogP contribution >= 0.6 is 0 Å². The number of nitrogens with zero attached hydrogens (tertiary/aromatic N) is 1. The fraction of sp³-hybridized carbons (Fsp3) is 0.345. The summed E-state index contributed by atoms with van der Waals surface area (Å²) < 4.78 is 0. The summed E-state index contributed by atoms with van der Waals surface area (Å²) in [6, 6.07) is 18.0. The van der Waals surface area contributed by atoms with Crippen LogP contribution in [0.1, 0.15) is 37.0 Å². The Morgan fingerprint density at radius 3 is 2.09 bits per heavy atom. The Bertz CT molecular complexity index is 871. The smallest absolute Gasteiger partial charge is 0.176 e. The maximum absolute atomic E-state index is 12.5. The molecule has 0 radical (unpaired) electrons. The van der Waals surface area contributed by atoms with Crippen LogP contribution in [0.2, 0.25) is 0 Å². The van der Waals surface area contributed by atoms with Gasteiger partial charge in [0.15, 0.2) is 5.78 Å². The van der Waals surface area contributed by atoms with E-state index in [-0.39, 0.29) is 12.4 Å². The van der Waals surface area contributed by atoms with E-state index in [1.165, 1.54) is 5.57 Å². The van der Waals surface area contributed by atoms with Crippen molar-refractivity contribution in [1.82, 2.24) is 4.90 Å². The zero-order chi connectivity index (χ0) is 23.3. The predicted octanol–water partition coefficient (Wildman–Crippen LogP) is 6.18. The van der Waals surface area contributed by atoms with Crippen molar-refractivity contribution in [3.8, 4) is 11.1 Å². The first-order chi connectivity index (χ1) is 15.6. The van der Waals surface area contributed by atoms with E-state index in [9.17, 15) is 9.90 Å². The molecule has 2 aromatic rings. The van der Waals surface area contributed by atoms with Crippen LogP contribution in [0, 0.1) is 11.8 Å². The summed E-state index contributed by atoms with van der Waals surface area (Å²) in [5, 5.41) is 9.46. The summed E-state index contributed by atoms with van der Waals surface area (Å²) in [5.74, 6) is 0.967. The van der Waals surface area contributed by atoms with Crippen molar-refractivity contribution in [2.24, 2.45) is 11.8 Å². The van der Waals surface area contributed by atoms with Gasteiger partial charge in [0.2, 0.25) is 0 Å². The molecule has 0 bridgehead atoms. The van der Waals surface area contributed by atoms with E-state index in [1.54, 1.807) is 6.08 Å². The van der Waals surface area contributed by atoms with E-state index in [0.29, 0.717) is 18.4 Å². The van der Waals surface area contributed by atoms with Gasteiger partial charge in [0.1, 0.15) is 0 Å². The van der Waals surface area contributed by atoms with Gasteiger partial charge in [-0.3, -0.25) is 9.69 Å². The maximum atomic E-state index is 12.5.